The Morgan fingerprint density at radius 3 is 1.06 bits per heavy atom. The van der Waals surface area contributed by atoms with Gasteiger partial charge in [0, 0.05) is 0 Å². The molecule has 0 radical (unpaired) electrons. The van der Waals surface area contributed by atoms with Crippen LogP contribution in [0.4, 0.5) is 0 Å². The summed E-state index contributed by atoms with van der Waals surface area (Å²) in [5, 5.41) is 19.9. The Labute approximate surface area is 107 Å². The van der Waals surface area contributed by atoms with Gasteiger partial charge < -0.3 is 10.2 Å². The van der Waals surface area contributed by atoms with Crippen LogP contribution in [0.2, 0.25) is 0 Å². The van der Waals surface area contributed by atoms with Crippen molar-refractivity contribution in [3.63, 3.8) is 0 Å². The van der Waals surface area contributed by atoms with Gasteiger partial charge >= 0.3 is 0 Å². The highest BCUT2D eigenvalue weighted by atomic mass is 16.3. The van der Waals surface area contributed by atoms with E-state index < -0.39 is 33.9 Å². The van der Waals surface area contributed by atoms with Crippen LogP contribution < -0.4 is 0 Å². The lowest BCUT2D eigenvalue weighted by Gasteiger charge is -2.30. The first-order valence-electron chi connectivity index (χ1n) is 5.86. The SMILES string of the molecule is CC(C)(C)C1=C(O)C(=O)C(C(C)(C)C)=C(O)C1=O. The normalized spacial score (nSPS) is 18.8. The fraction of sp³-hybridized carbons (Fsp3) is 0.571. The Hall–Kier alpha value is -1.58. The second-order valence-corrected chi connectivity index (χ2v) is 6.61. The fourth-order valence-corrected chi connectivity index (χ4v) is 2.07. The van der Waals surface area contributed by atoms with E-state index in [0.717, 1.165) is 0 Å². The van der Waals surface area contributed by atoms with E-state index in [-0.39, 0.29) is 11.1 Å². The highest BCUT2D eigenvalue weighted by Crippen LogP contribution is 2.39. The first-order valence-corrected chi connectivity index (χ1v) is 5.86. The minimum Gasteiger partial charge on any atom is -0.504 e. The van der Waals surface area contributed by atoms with Crippen molar-refractivity contribution in [3.8, 4) is 0 Å². The van der Waals surface area contributed by atoms with Crippen LogP contribution in [0.5, 0.6) is 0 Å². The molecule has 0 atom stereocenters. The van der Waals surface area contributed by atoms with Crippen molar-refractivity contribution >= 4 is 11.6 Å². The molecule has 0 saturated carbocycles. The molecule has 0 amide bonds. The van der Waals surface area contributed by atoms with E-state index in [1.807, 2.05) is 0 Å². The summed E-state index contributed by atoms with van der Waals surface area (Å²) < 4.78 is 0. The molecule has 0 fully saturated rings. The molecule has 0 aromatic carbocycles. The van der Waals surface area contributed by atoms with E-state index >= 15 is 0 Å². The average molecular weight is 252 g/mol. The molecule has 0 bridgehead atoms. The predicted molar refractivity (Wildman–Crippen MR) is 68.2 cm³/mol. The molecule has 1 rings (SSSR count). The van der Waals surface area contributed by atoms with Crippen LogP contribution in [0.1, 0.15) is 41.5 Å². The lowest BCUT2D eigenvalue weighted by Crippen LogP contribution is -2.34. The molecule has 0 spiro atoms. The number of carbonyl (C=O) groups is 2. The number of allylic oxidation sites excluding steroid dienone is 2. The number of aliphatic hydroxyl groups is 2. The van der Waals surface area contributed by atoms with Crippen LogP contribution in [-0.4, -0.2) is 21.8 Å². The first kappa shape index (κ1) is 14.5. The van der Waals surface area contributed by atoms with E-state index in [1.54, 1.807) is 41.5 Å². The van der Waals surface area contributed by atoms with Gasteiger partial charge in [-0.1, -0.05) is 41.5 Å². The number of aliphatic hydroxyl groups excluding tert-OH is 2. The van der Waals surface area contributed by atoms with Crippen LogP contribution in [0, 0.1) is 10.8 Å². The van der Waals surface area contributed by atoms with Crippen LogP contribution in [0.25, 0.3) is 0 Å². The highest BCUT2D eigenvalue weighted by Gasteiger charge is 2.43. The second-order valence-electron chi connectivity index (χ2n) is 6.61. The average Bonchev–Trinajstić information content (AvgIpc) is 2.10. The smallest absolute Gasteiger partial charge is 0.228 e. The van der Waals surface area contributed by atoms with Crippen molar-refractivity contribution in [1.29, 1.82) is 0 Å². The Bertz CT molecular complexity index is 433. The zero-order chi connectivity index (χ0) is 14.5. The summed E-state index contributed by atoms with van der Waals surface area (Å²) in [4.78, 5) is 24.2. The number of ketones is 2. The largest absolute Gasteiger partial charge is 0.504 e. The summed E-state index contributed by atoms with van der Waals surface area (Å²) >= 11 is 0. The molecule has 0 aromatic rings. The lowest BCUT2D eigenvalue weighted by atomic mass is 9.73. The minimum absolute atomic E-state index is 0.0296. The van der Waals surface area contributed by atoms with Crippen molar-refractivity contribution < 1.29 is 19.8 Å². The summed E-state index contributed by atoms with van der Waals surface area (Å²) in [5.74, 6) is -2.42. The van der Waals surface area contributed by atoms with E-state index in [9.17, 15) is 19.8 Å². The van der Waals surface area contributed by atoms with Crippen molar-refractivity contribution in [2.24, 2.45) is 10.8 Å². The molecule has 0 aliphatic heterocycles. The molecular weight excluding hydrogens is 232 g/mol. The molecule has 2 N–H and O–H groups in total. The van der Waals surface area contributed by atoms with Gasteiger partial charge in [0.2, 0.25) is 11.6 Å². The third-order valence-electron chi connectivity index (χ3n) is 2.86. The molecule has 0 heterocycles. The number of Topliss-reactive ketones (excluding diaryl/α,β-unsaturated/α-hetero) is 2. The van der Waals surface area contributed by atoms with Gasteiger partial charge in [0.15, 0.2) is 11.5 Å². The zero-order valence-electron chi connectivity index (χ0n) is 11.7. The first-order chi connectivity index (χ1) is 7.89. The van der Waals surface area contributed by atoms with Crippen molar-refractivity contribution in [2.45, 2.75) is 41.5 Å². The molecule has 4 heteroatoms. The predicted octanol–water partition coefficient (Wildman–Crippen LogP) is 2.85. The van der Waals surface area contributed by atoms with Gasteiger partial charge in [-0.2, -0.15) is 0 Å². The van der Waals surface area contributed by atoms with Gasteiger partial charge in [0.1, 0.15) is 0 Å². The quantitative estimate of drug-likeness (QED) is 0.650. The maximum atomic E-state index is 12.1. The number of carbonyl (C=O) groups excluding carboxylic acids is 2. The molecule has 0 aromatic heterocycles. The molecule has 100 valence electrons. The van der Waals surface area contributed by atoms with Gasteiger partial charge in [-0.25, -0.2) is 0 Å². The maximum absolute atomic E-state index is 12.1. The zero-order valence-corrected chi connectivity index (χ0v) is 11.7. The Balaban J connectivity index is 3.52. The molecule has 1 aliphatic carbocycles. The number of rotatable bonds is 0. The van der Waals surface area contributed by atoms with Crippen LogP contribution in [0.15, 0.2) is 22.7 Å². The van der Waals surface area contributed by atoms with Gasteiger partial charge in [-0.3, -0.25) is 9.59 Å². The Morgan fingerprint density at radius 1 is 0.667 bits per heavy atom. The molecule has 18 heavy (non-hydrogen) atoms. The van der Waals surface area contributed by atoms with Gasteiger partial charge in [0.05, 0.1) is 11.1 Å². The van der Waals surface area contributed by atoms with E-state index in [0.29, 0.717) is 0 Å². The molecule has 0 unspecified atom stereocenters. The summed E-state index contributed by atoms with van der Waals surface area (Å²) in [7, 11) is 0. The van der Waals surface area contributed by atoms with Gasteiger partial charge in [-0.05, 0) is 10.8 Å². The number of hydrogen-bond acceptors (Lipinski definition) is 4. The van der Waals surface area contributed by atoms with E-state index in [2.05, 4.69) is 0 Å². The summed E-state index contributed by atoms with van der Waals surface area (Å²) in [6.45, 7) is 10.2. The van der Waals surface area contributed by atoms with Gasteiger partial charge in [0.25, 0.3) is 0 Å². The summed E-state index contributed by atoms with van der Waals surface area (Å²) in [5.41, 5.74) is -1.46. The van der Waals surface area contributed by atoms with Crippen LogP contribution >= 0.6 is 0 Å². The lowest BCUT2D eigenvalue weighted by molar-refractivity contribution is -0.121. The monoisotopic (exact) mass is 252 g/mol. The topological polar surface area (TPSA) is 74.6 Å². The second kappa shape index (κ2) is 3.97. The maximum Gasteiger partial charge on any atom is 0.228 e. The van der Waals surface area contributed by atoms with E-state index in [4.69, 9.17) is 0 Å². The number of hydrogen-bond donors (Lipinski definition) is 2. The van der Waals surface area contributed by atoms with E-state index in [1.165, 1.54) is 0 Å². The highest BCUT2D eigenvalue weighted by molar-refractivity contribution is 6.24. The minimum atomic E-state index is -0.700. The van der Waals surface area contributed by atoms with Crippen LogP contribution in [-0.2, 0) is 9.59 Å². The van der Waals surface area contributed by atoms with Gasteiger partial charge in [-0.15, -0.1) is 0 Å². The molecule has 1 aliphatic rings. The third-order valence-corrected chi connectivity index (χ3v) is 2.86. The Kier molecular flexibility index (Phi) is 3.19. The van der Waals surface area contributed by atoms with Crippen molar-refractivity contribution in [2.75, 3.05) is 0 Å². The van der Waals surface area contributed by atoms with Crippen molar-refractivity contribution in [3.05, 3.63) is 22.7 Å². The molecular formula is C14H20O4. The van der Waals surface area contributed by atoms with Crippen LogP contribution in [0.3, 0.4) is 0 Å². The standard InChI is InChI=1S/C14H20O4/c1-13(2,3)7-9(15)11(17)8(14(4,5)6)12(18)10(7)16/h15,18H,1-6H3. The molecule has 0 saturated heterocycles. The Morgan fingerprint density at radius 2 is 0.889 bits per heavy atom. The third kappa shape index (κ3) is 2.19. The summed E-state index contributed by atoms with van der Waals surface area (Å²) in [6.07, 6.45) is 0. The molecule has 4 nitrogen and oxygen atoms in total. The fourth-order valence-electron chi connectivity index (χ4n) is 2.07. The summed E-state index contributed by atoms with van der Waals surface area (Å²) in [6, 6.07) is 0. The van der Waals surface area contributed by atoms with Crippen molar-refractivity contribution in [1.82, 2.24) is 0 Å².